The molecule has 0 spiro atoms. The van der Waals surface area contributed by atoms with E-state index in [2.05, 4.69) is 10.6 Å². The second kappa shape index (κ2) is 5.73. The van der Waals surface area contributed by atoms with Crippen LogP contribution in [0.4, 0.5) is 0 Å². The highest BCUT2D eigenvalue weighted by Crippen LogP contribution is 2.12. The molecule has 1 aliphatic rings. The maximum absolute atomic E-state index is 12.0. The number of carbonyl (C=O) groups excluding carboxylic acids is 1. The van der Waals surface area contributed by atoms with Crippen molar-refractivity contribution in [2.24, 2.45) is 0 Å². The van der Waals surface area contributed by atoms with E-state index in [4.69, 9.17) is 11.6 Å². The number of benzene rings is 1. The number of nitrogens with one attached hydrogen (secondary N) is 2. The molecular formula is C13H15ClN2O. The maximum Gasteiger partial charge on any atom is 0.189 e. The van der Waals surface area contributed by atoms with Gasteiger partial charge in [0.1, 0.15) is 5.82 Å². The molecule has 0 bridgehead atoms. The quantitative estimate of drug-likeness (QED) is 0.625. The van der Waals surface area contributed by atoms with E-state index >= 15 is 0 Å². The number of allylic oxidation sites excluding steroid dienone is 1. The molecule has 0 atom stereocenters. The number of hydrogen-bond donors (Lipinski definition) is 2. The Labute approximate surface area is 106 Å². The van der Waals surface area contributed by atoms with E-state index in [1.165, 1.54) is 0 Å². The summed E-state index contributed by atoms with van der Waals surface area (Å²) in [6.45, 7) is 1.81. The van der Waals surface area contributed by atoms with Crippen LogP contribution in [-0.4, -0.2) is 18.9 Å². The van der Waals surface area contributed by atoms with Crippen LogP contribution >= 0.6 is 11.6 Å². The molecule has 0 amide bonds. The number of halogens is 1. The summed E-state index contributed by atoms with van der Waals surface area (Å²) in [5.74, 6) is 0.761. The molecule has 4 heteroatoms. The lowest BCUT2D eigenvalue weighted by Gasteiger charge is -2.07. The van der Waals surface area contributed by atoms with Crippen LogP contribution in [0.3, 0.4) is 0 Å². The van der Waals surface area contributed by atoms with Crippen molar-refractivity contribution in [1.82, 2.24) is 10.6 Å². The third kappa shape index (κ3) is 3.49. The van der Waals surface area contributed by atoms with Gasteiger partial charge in [-0.3, -0.25) is 4.79 Å². The van der Waals surface area contributed by atoms with E-state index in [9.17, 15) is 4.79 Å². The summed E-state index contributed by atoms with van der Waals surface area (Å²) in [5, 5.41) is 6.97. The molecule has 1 fully saturated rings. The van der Waals surface area contributed by atoms with E-state index in [1.54, 1.807) is 30.3 Å². The van der Waals surface area contributed by atoms with Gasteiger partial charge < -0.3 is 10.6 Å². The topological polar surface area (TPSA) is 41.1 Å². The van der Waals surface area contributed by atoms with Crippen molar-refractivity contribution in [3.05, 3.63) is 46.7 Å². The molecule has 17 heavy (non-hydrogen) atoms. The Hall–Kier alpha value is -1.48. The Kier molecular flexibility index (Phi) is 4.04. The Morgan fingerprint density at radius 3 is 2.59 bits per heavy atom. The van der Waals surface area contributed by atoms with E-state index in [1.807, 2.05) is 0 Å². The zero-order chi connectivity index (χ0) is 12.1. The largest absolute Gasteiger partial charge is 0.372 e. The Balaban J connectivity index is 2.12. The number of rotatable bonds is 2. The molecule has 90 valence electrons. The van der Waals surface area contributed by atoms with Gasteiger partial charge in [0.05, 0.1) is 0 Å². The van der Waals surface area contributed by atoms with Gasteiger partial charge in [-0.05, 0) is 25.0 Å². The Morgan fingerprint density at radius 1 is 1.24 bits per heavy atom. The van der Waals surface area contributed by atoms with Gasteiger partial charge in [0, 0.05) is 29.8 Å². The molecule has 0 aromatic heterocycles. The highest BCUT2D eigenvalue weighted by molar-refractivity contribution is 6.31. The molecule has 1 heterocycles. The van der Waals surface area contributed by atoms with Crippen molar-refractivity contribution in [3.8, 4) is 0 Å². The monoisotopic (exact) mass is 250 g/mol. The molecule has 1 aromatic rings. The SMILES string of the molecule is O=C(C=C1NCCCCN1)c1cccc(Cl)c1. The average molecular weight is 251 g/mol. The van der Waals surface area contributed by atoms with Crippen LogP contribution in [0.1, 0.15) is 23.2 Å². The van der Waals surface area contributed by atoms with Gasteiger partial charge in [0.15, 0.2) is 5.78 Å². The summed E-state index contributed by atoms with van der Waals surface area (Å²) in [4.78, 5) is 12.0. The van der Waals surface area contributed by atoms with Crippen LogP contribution in [0.15, 0.2) is 36.2 Å². The summed E-state index contributed by atoms with van der Waals surface area (Å²) in [7, 11) is 0. The summed E-state index contributed by atoms with van der Waals surface area (Å²) < 4.78 is 0. The lowest BCUT2D eigenvalue weighted by molar-refractivity contribution is 0.104. The molecule has 3 nitrogen and oxygen atoms in total. The van der Waals surface area contributed by atoms with Crippen LogP contribution in [0.5, 0.6) is 0 Å². The Bertz CT molecular complexity index is 433. The third-order valence-electron chi connectivity index (χ3n) is 2.62. The molecule has 2 N–H and O–H groups in total. The van der Waals surface area contributed by atoms with Crippen molar-refractivity contribution in [1.29, 1.82) is 0 Å². The second-order valence-corrected chi connectivity index (χ2v) is 4.43. The maximum atomic E-state index is 12.0. The fourth-order valence-electron chi connectivity index (χ4n) is 1.72. The molecule has 1 aromatic carbocycles. The molecule has 1 aliphatic heterocycles. The highest BCUT2D eigenvalue weighted by atomic mass is 35.5. The average Bonchev–Trinajstić information content (AvgIpc) is 2.57. The number of carbonyl (C=O) groups is 1. The number of ketones is 1. The van der Waals surface area contributed by atoms with E-state index in [0.29, 0.717) is 10.6 Å². The lowest BCUT2D eigenvalue weighted by Crippen LogP contribution is -2.24. The predicted octanol–water partition coefficient (Wildman–Crippen LogP) is 2.34. The minimum absolute atomic E-state index is 0.0376. The molecule has 0 saturated carbocycles. The summed E-state index contributed by atoms with van der Waals surface area (Å²) in [5.41, 5.74) is 0.609. The Morgan fingerprint density at radius 2 is 1.94 bits per heavy atom. The molecule has 0 aliphatic carbocycles. The standard InChI is InChI=1S/C13H15ClN2O/c14-11-5-3-4-10(8-11)12(17)9-13-15-6-1-2-7-16-13/h3-5,8-9,15-16H,1-2,6-7H2. The van der Waals surface area contributed by atoms with Crippen LogP contribution in [0.2, 0.25) is 5.02 Å². The molecule has 0 radical (unpaired) electrons. The molecule has 1 saturated heterocycles. The van der Waals surface area contributed by atoms with E-state index in [0.717, 1.165) is 31.8 Å². The van der Waals surface area contributed by atoms with Gasteiger partial charge >= 0.3 is 0 Å². The lowest BCUT2D eigenvalue weighted by atomic mass is 10.1. The van der Waals surface area contributed by atoms with E-state index in [-0.39, 0.29) is 5.78 Å². The van der Waals surface area contributed by atoms with Crippen molar-refractivity contribution in [3.63, 3.8) is 0 Å². The van der Waals surface area contributed by atoms with Crippen LogP contribution in [0, 0.1) is 0 Å². The molecular weight excluding hydrogens is 236 g/mol. The zero-order valence-electron chi connectivity index (χ0n) is 9.50. The molecule has 0 unspecified atom stereocenters. The summed E-state index contributed by atoms with van der Waals surface area (Å²) >= 11 is 5.85. The zero-order valence-corrected chi connectivity index (χ0v) is 10.3. The third-order valence-corrected chi connectivity index (χ3v) is 2.85. The fourth-order valence-corrected chi connectivity index (χ4v) is 1.91. The smallest absolute Gasteiger partial charge is 0.189 e. The van der Waals surface area contributed by atoms with Crippen molar-refractivity contribution in [2.45, 2.75) is 12.8 Å². The van der Waals surface area contributed by atoms with Crippen molar-refractivity contribution >= 4 is 17.4 Å². The van der Waals surface area contributed by atoms with Gasteiger partial charge in [-0.1, -0.05) is 23.7 Å². The normalized spacial score (nSPS) is 15.5. The minimum Gasteiger partial charge on any atom is -0.372 e. The van der Waals surface area contributed by atoms with Crippen LogP contribution in [-0.2, 0) is 0 Å². The fraction of sp³-hybridized carbons (Fsp3) is 0.308. The predicted molar refractivity (Wildman–Crippen MR) is 69.1 cm³/mol. The first-order chi connectivity index (χ1) is 8.25. The van der Waals surface area contributed by atoms with Crippen molar-refractivity contribution < 1.29 is 4.79 Å². The second-order valence-electron chi connectivity index (χ2n) is 3.99. The highest BCUT2D eigenvalue weighted by Gasteiger charge is 2.07. The van der Waals surface area contributed by atoms with Crippen LogP contribution in [0.25, 0.3) is 0 Å². The van der Waals surface area contributed by atoms with Gasteiger partial charge in [-0.25, -0.2) is 0 Å². The summed E-state index contributed by atoms with van der Waals surface area (Å²) in [6, 6.07) is 6.98. The summed E-state index contributed by atoms with van der Waals surface area (Å²) in [6.07, 6.45) is 3.84. The van der Waals surface area contributed by atoms with Crippen molar-refractivity contribution in [2.75, 3.05) is 13.1 Å². The van der Waals surface area contributed by atoms with Crippen LogP contribution < -0.4 is 10.6 Å². The minimum atomic E-state index is -0.0376. The number of hydrogen-bond acceptors (Lipinski definition) is 3. The van der Waals surface area contributed by atoms with Gasteiger partial charge in [-0.15, -0.1) is 0 Å². The first-order valence-corrected chi connectivity index (χ1v) is 6.13. The molecule has 2 rings (SSSR count). The van der Waals surface area contributed by atoms with Gasteiger partial charge in [-0.2, -0.15) is 0 Å². The van der Waals surface area contributed by atoms with Gasteiger partial charge in [0.25, 0.3) is 0 Å². The first kappa shape index (κ1) is 12.0. The van der Waals surface area contributed by atoms with Gasteiger partial charge in [0.2, 0.25) is 0 Å². The van der Waals surface area contributed by atoms with E-state index < -0.39 is 0 Å². The first-order valence-electron chi connectivity index (χ1n) is 5.75.